The Bertz CT molecular complexity index is 1220. The van der Waals surface area contributed by atoms with Gasteiger partial charge in [-0.25, -0.2) is 0 Å². The second kappa shape index (κ2) is 7.89. The molecule has 144 valence electrons. The van der Waals surface area contributed by atoms with E-state index in [-0.39, 0.29) is 0 Å². The molecule has 2 aromatic heterocycles. The molecule has 0 aliphatic heterocycles. The molecule has 0 spiro atoms. The first kappa shape index (κ1) is 18.9. The smallest absolute Gasteiger partial charge is 0.248 e. The third-order valence-corrected chi connectivity index (χ3v) is 4.87. The number of ether oxygens (including phenoxy) is 1. The van der Waals surface area contributed by atoms with E-state index in [1.165, 1.54) is 0 Å². The van der Waals surface area contributed by atoms with Crippen molar-refractivity contribution in [1.29, 1.82) is 0 Å². The van der Waals surface area contributed by atoms with Gasteiger partial charge >= 0.3 is 0 Å². The van der Waals surface area contributed by atoms with Gasteiger partial charge in [0.05, 0.1) is 17.4 Å². The number of primary amides is 1. The highest BCUT2D eigenvalue weighted by Crippen LogP contribution is 2.29. The van der Waals surface area contributed by atoms with Crippen molar-refractivity contribution in [2.75, 3.05) is 0 Å². The lowest BCUT2D eigenvalue weighted by atomic mass is 9.99. The van der Waals surface area contributed by atoms with E-state index >= 15 is 0 Å². The molecular weight excluding hydrogens is 386 g/mol. The third-order valence-electron chi connectivity index (χ3n) is 4.63. The highest BCUT2D eigenvalue weighted by molar-refractivity contribution is 6.31. The van der Waals surface area contributed by atoms with Crippen LogP contribution in [0.1, 0.15) is 22.8 Å². The Balaban J connectivity index is 1.65. The number of amides is 1. The van der Waals surface area contributed by atoms with Crippen LogP contribution < -0.4 is 10.5 Å². The number of carbonyl (C=O) groups is 1. The highest BCUT2D eigenvalue weighted by Gasteiger charge is 2.10. The van der Waals surface area contributed by atoms with Crippen LogP contribution in [0.4, 0.5) is 0 Å². The monoisotopic (exact) mass is 403 g/mol. The molecule has 4 rings (SSSR count). The Morgan fingerprint density at radius 1 is 1.03 bits per heavy atom. The zero-order valence-corrected chi connectivity index (χ0v) is 16.5. The summed E-state index contributed by atoms with van der Waals surface area (Å²) in [4.78, 5) is 20.4. The summed E-state index contributed by atoms with van der Waals surface area (Å²) in [5, 5.41) is 1.55. The molecule has 2 heterocycles. The molecule has 2 N–H and O–H groups in total. The minimum absolute atomic E-state index is 0.428. The number of aromatic nitrogens is 2. The fourth-order valence-electron chi connectivity index (χ4n) is 3.19. The lowest BCUT2D eigenvalue weighted by Gasteiger charge is -2.10. The second-order valence-corrected chi connectivity index (χ2v) is 7.01. The van der Waals surface area contributed by atoms with Gasteiger partial charge in [0, 0.05) is 33.8 Å². The van der Waals surface area contributed by atoms with E-state index in [1.54, 1.807) is 30.6 Å². The van der Waals surface area contributed by atoms with Crippen molar-refractivity contribution in [1.82, 2.24) is 9.97 Å². The number of hydrogen-bond acceptors (Lipinski definition) is 4. The number of benzene rings is 2. The van der Waals surface area contributed by atoms with E-state index in [9.17, 15) is 4.79 Å². The number of aryl methyl sites for hydroxylation is 1. The van der Waals surface area contributed by atoms with Gasteiger partial charge in [0.15, 0.2) is 0 Å². The number of pyridine rings is 2. The highest BCUT2D eigenvalue weighted by atomic mass is 35.5. The van der Waals surface area contributed by atoms with Crippen molar-refractivity contribution in [2.24, 2.45) is 5.73 Å². The van der Waals surface area contributed by atoms with Crippen LogP contribution in [0.25, 0.3) is 22.2 Å². The van der Waals surface area contributed by atoms with Gasteiger partial charge in [0.2, 0.25) is 5.91 Å². The van der Waals surface area contributed by atoms with Crippen LogP contribution in [-0.4, -0.2) is 15.9 Å². The fraction of sp³-hybridized carbons (Fsp3) is 0.0870. The minimum atomic E-state index is -0.428. The summed E-state index contributed by atoms with van der Waals surface area (Å²) < 4.78 is 5.99. The molecule has 0 fully saturated rings. The molecule has 0 saturated carbocycles. The summed E-state index contributed by atoms with van der Waals surface area (Å²) >= 11 is 6.07. The number of nitrogens with zero attached hydrogens (tertiary/aromatic N) is 2. The van der Waals surface area contributed by atoms with Crippen molar-refractivity contribution in [2.45, 2.75) is 13.3 Å². The maximum Gasteiger partial charge on any atom is 0.248 e. The summed E-state index contributed by atoms with van der Waals surface area (Å²) in [6.07, 6.45) is 4.06. The maximum absolute atomic E-state index is 11.6. The molecule has 5 nitrogen and oxygen atoms in total. The average molecular weight is 404 g/mol. The lowest BCUT2D eigenvalue weighted by molar-refractivity contribution is 0.0999. The molecule has 0 aliphatic rings. The van der Waals surface area contributed by atoms with E-state index in [0.29, 0.717) is 28.5 Å². The van der Waals surface area contributed by atoms with Crippen LogP contribution in [-0.2, 0) is 6.42 Å². The number of hydrogen-bond donors (Lipinski definition) is 1. The summed E-state index contributed by atoms with van der Waals surface area (Å²) in [7, 11) is 0. The van der Waals surface area contributed by atoms with Gasteiger partial charge in [0.25, 0.3) is 0 Å². The largest absolute Gasteiger partial charge is 0.456 e. The standard InChI is InChI=1S/C23H18ClN3O2/c1-2-14-9-15(3-5-20(14)23(25)28)22-12-18(7-8-26-22)29-19-11-16-10-17(24)4-6-21(16)27-13-19/h3-13H,2H2,1H3,(H2,25,28). The van der Waals surface area contributed by atoms with Crippen LogP contribution in [0.2, 0.25) is 5.02 Å². The number of nitrogens with two attached hydrogens (primary N) is 1. The van der Waals surface area contributed by atoms with Crippen molar-refractivity contribution < 1.29 is 9.53 Å². The molecule has 0 bridgehead atoms. The minimum Gasteiger partial charge on any atom is -0.456 e. The van der Waals surface area contributed by atoms with E-state index in [4.69, 9.17) is 22.1 Å². The van der Waals surface area contributed by atoms with Gasteiger partial charge in [-0.15, -0.1) is 0 Å². The van der Waals surface area contributed by atoms with Crippen molar-refractivity contribution in [3.05, 3.63) is 83.1 Å². The van der Waals surface area contributed by atoms with E-state index in [1.807, 2.05) is 43.3 Å². The van der Waals surface area contributed by atoms with Crippen LogP contribution in [0.15, 0.2) is 67.0 Å². The quantitative estimate of drug-likeness (QED) is 0.483. The van der Waals surface area contributed by atoms with Gasteiger partial charge in [-0.05, 0) is 54.4 Å². The van der Waals surface area contributed by atoms with Crippen LogP contribution in [0.3, 0.4) is 0 Å². The summed E-state index contributed by atoms with van der Waals surface area (Å²) in [5.74, 6) is 0.813. The molecule has 1 amide bonds. The summed E-state index contributed by atoms with van der Waals surface area (Å²) in [6.45, 7) is 1.98. The first-order valence-electron chi connectivity index (χ1n) is 9.16. The Labute approximate surface area is 173 Å². The Morgan fingerprint density at radius 3 is 2.69 bits per heavy atom. The predicted octanol–water partition coefficient (Wildman–Crippen LogP) is 5.40. The normalized spacial score (nSPS) is 10.8. The van der Waals surface area contributed by atoms with Gasteiger partial charge in [-0.3, -0.25) is 14.8 Å². The molecular formula is C23H18ClN3O2. The SMILES string of the molecule is CCc1cc(-c2cc(Oc3cnc4ccc(Cl)cc4c3)ccn2)ccc1C(N)=O. The molecule has 4 aromatic rings. The van der Waals surface area contributed by atoms with Crippen LogP contribution in [0.5, 0.6) is 11.5 Å². The van der Waals surface area contributed by atoms with Gasteiger partial charge < -0.3 is 10.5 Å². The zero-order chi connectivity index (χ0) is 20.4. The predicted molar refractivity (Wildman–Crippen MR) is 114 cm³/mol. The van der Waals surface area contributed by atoms with E-state index in [0.717, 1.165) is 27.7 Å². The molecule has 0 saturated heterocycles. The fourth-order valence-corrected chi connectivity index (χ4v) is 3.37. The van der Waals surface area contributed by atoms with E-state index < -0.39 is 5.91 Å². The first-order valence-corrected chi connectivity index (χ1v) is 9.53. The first-order chi connectivity index (χ1) is 14.0. The number of rotatable bonds is 5. The van der Waals surface area contributed by atoms with Crippen LogP contribution in [0, 0.1) is 0 Å². The molecule has 0 atom stereocenters. The van der Waals surface area contributed by atoms with Crippen LogP contribution >= 0.6 is 11.6 Å². The number of halogens is 1. The Morgan fingerprint density at radius 2 is 1.90 bits per heavy atom. The van der Waals surface area contributed by atoms with Gasteiger partial charge in [0.1, 0.15) is 11.5 Å². The second-order valence-electron chi connectivity index (χ2n) is 6.58. The van der Waals surface area contributed by atoms with Crippen molar-refractivity contribution >= 4 is 28.4 Å². The molecule has 29 heavy (non-hydrogen) atoms. The topological polar surface area (TPSA) is 78.1 Å². The molecule has 0 unspecified atom stereocenters. The van der Waals surface area contributed by atoms with E-state index in [2.05, 4.69) is 9.97 Å². The van der Waals surface area contributed by atoms with Crippen molar-refractivity contribution in [3.8, 4) is 22.8 Å². The zero-order valence-electron chi connectivity index (χ0n) is 15.7. The average Bonchev–Trinajstić information content (AvgIpc) is 2.73. The molecule has 2 aromatic carbocycles. The molecule has 0 radical (unpaired) electrons. The van der Waals surface area contributed by atoms with Crippen molar-refractivity contribution in [3.63, 3.8) is 0 Å². The molecule has 6 heteroatoms. The summed E-state index contributed by atoms with van der Waals surface area (Å²) in [6, 6.07) is 16.6. The maximum atomic E-state index is 11.6. The molecule has 0 aliphatic carbocycles. The Hall–Kier alpha value is -3.44. The lowest BCUT2D eigenvalue weighted by Crippen LogP contribution is -2.13. The summed E-state index contributed by atoms with van der Waals surface area (Å²) in [5.41, 5.74) is 9.35. The van der Waals surface area contributed by atoms with Gasteiger partial charge in [-0.1, -0.05) is 24.6 Å². The number of fused-ring (bicyclic) bond motifs is 1. The third kappa shape index (κ3) is 4.05. The van der Waals surface area contributed by atoms with Gasteiger partial charge in [-0.2, -0.15) is 0 Å². The Kier molecular flexibility index (Phi) is 5.14. The number of carbonyl (C=O) groups excluding carboxylic acids is 1.